The topological polar surface area (TPSA) is 86.8 Å². The lowest BCUT2D eigenvalue weighted by atomic mass is 10.1. The van der Waals surface area contributed by atoms with Gasteiger partial charge in [0.2, 0.25) is 21.8 Å². The molecule has 0 heterocycles. The van der Waals surface area contributed by atoms with Crippen molar-refractivity contribution in [2.45, 2.75) is 59.7 Å². The minimum Gasteiger partial charge on any atom is -0.350 e. The number of halogens is 1. The zero-order valence-corrected chi connectivity index (χ0v) is 23.2. The molecule has 2 aromatic carbocycles. The third kappa shape index (κ3) is 7.84. The van der Waals surface area contributed by atoms with Gasteiger partial charge in [0.1, 0.15) is 12.6 Å². The normalized spacial score (nSPS) is 12.7. The molecule has 1 atom stereocenters. The minimum atomic E-state index is -3.76. The van der Waals surface area contributed by atoms with E-state index < -0.39 is 34.1 Å². The van der Waals surface area contributed by atoms with Gasteiger partial charge in [-0.25, -0.2) is 8.42 Å². The van der Waals surface area contributed by atoms with Crippen molar-refractivity contribution >= 4 is 43.5 Å². The highest BCUT2D eigenvalue weighted by Crippen LogP contribution is 2.25. The Morgan fingerprint density at radius 1 is 1.09 bits per heavy atom. The van der Waals surface area contributed by atoms with Crippen LogP contribution >= 0.6 is 15.9 Å². The molecule has 0 bridgehead atoms. The van der Waals surface area contributed by atoms with E-state index in [4.69, 9.17) is 0 Å². The van der Waals surface area contributed by atoms with E-state index in [1.807, 2.05) is 58.9 Å². The quantitative estimate of drug-likeness (QED) is 0.533. The Hall–Kier alpha value is -2.39. The second kappa shape index (κ2) is 10.9. The highest BCUT2D eigenvalue weighted by Gasteiger charge is 2.31. The summed E-state index contributed by atoms with van der Waals surface area (Å²) in [5.74, 6) is -0.775. The second-order valence-electron chi connectivity index (χ2n) is 9.63. The Balaban J connectivity index is 2.43. The first-order valence-electron chi connectivity index (χ1n) is 11.0. The molecule has 0 saturated heterocycles. The molecule has 9 heteroatoms. The molecular formula is C25H34BrN3O4S. The highest BCUT2D eigenvalue weighted by molar-refractivity contribution is 9.10. The molecule has 0 aliphatic rings. The molecule has 1 unspecified atom stereocenters. The van der Waals surface area contributed by atoms with E-state index in [1.165, 1.54) is 4.90 Å². The van der Waals surface area contributed by atoms with Crippen molar-refractivity contribution < 1.29 is 18.0 Å². The van der Waals surface area contributed by atoms with Gasteiger partial charge in [0.05, 0.1) is 11.9 Å². The Kier molecular flexibility index (Phi) is 8.93. The SMILES string of the molecule is Cc1cccc(CN(C(=O)CN(c2ccc(Br)c(C)c2)S(C)(=O)=O)C(C)C(=O)NC(C)(C)C)c1. The van der Waals surface area contributed by atoms with Crippen molar-refractivity contribution in [3.8, 4) is 0 Å². The van der Waals surface area contributed by atoms with E-state index in [0.29, 0.717) is 5.69 Å². The number of carbonyl (C=O) groups is 2. The average molecular weight is 553 g/mol. The first-order chi connectivity index (χ1) is 15.6. The van der Waals surface area contributed by atoms with Gasteiger partial charge >= 0.3 is 0 Å². The van der Waals surface area contributed by atoms with Gasteiger partial charge in [-0.2, -0.15) is 0 Å². The maximum absolute atomic E-state index is 13.6. The van der Waals surface area contributed by atoms with E-state index in [0.717, 1.165) is 31.7 Å². The lowest BCUT2D eigenvalue weighted by molar-refractivity contribution is -0.140. The molecule has 0 saturated carbocycles. The van der Waals surface area contributed by atoms with Gasteiger partial charge in [-0.05, 0) is 70.9 Å². The molecule has 2 aromatic rings. The number of nitrogens with one attached hydrogen (secondary N) is 1. The molecule has 1 N–H and O–H groups in total. The predicted molar refractivity (Wildman–Crippen MR) is 140 cm³/mol. The Labute approximate surface area is 211 Å². The highest BCUT2D eigenvalue weighted by atomic mass is 79.9. The van der Waals surface area contributed by atoms with E-state index >= 15 is 0 Å². The zero-order chi connectivity index (χ0) is 25.8. The van der Waals surface area contributed by atoms with E-state index in [9.17, 15) is 18.0 Å². The second-order valence-corrected chi connectivity index (χ2v) is 12.4. The van der Waals surface area contributed by atoms with Gasteiger partial charge in [0.25, 0.3) is 0 Å². The molecule has 186 valence electrons. The van der Waals surface area contributed by atoms with Crippen molar-refractivity contribution in [3.05, 3.63) is 63.6 Å². The maximum Gasteiger partial charge on any atom is 0.244 e. The number of aryl methyl sites for hydroxylation is 2. The fraction of sp³-hybridized carbons (Fsp3) is 0.440. The fourth-order valence-electron chi connectivity index (χ4n) is 3.46. The third-order valence-electron chi connectivity index (χ3n) is 5.21. The number of hydrogen-bond acceptors (Lipinski definition) is 4. The Morgan fingerprint density at radius 2 is 1.74 bits per heavy atom. The Morgan fingerprint density at radius 3 is 2.26 bits per heavy atom. The Bertz CT molecular complexity index is 1160. The lowest BCUT2D eigenvalue weighted by Crippen LogP contribution is -2.54. The third-order valence-corrected chi connectivity index (χ3v) is 7.24. The van der Waals surface area contributed by atoms with E-state index in [1.54, 1.807) is 25.1 Å². The summed E-state index contributed by atoms with van der Waals surface area (Å²) in [6, 6.07) is 12.0. The van der Waals surface area contributed by atoms with Crippen LogP contribution in [-0.2, 0) is 26.2 Å². The summed E-state index contributed by atoms with van der Waals surface area (Å²) in [5, 5.41) is 2.91. The van der Waals surface area contributed by atoms with E-state index in [-0.39, 0.29) is 12.5 Å². The number of carbonyl (C=O) groups excluding carboxylic acids is 2. The van der Waals surface area contributed by atoms with Crippen molar-refractivity contribution in [1.29, 1.82) is 0 Å². The van der Waals surface area contributed by atoms with Crippen LogP contribution in [0.15, 0.2) is 46.9 Å². The van der Waals surface area contributed by atoms with Gasteiger partial charge in [-0.15, -0.1) is 0 Å². The van der Waals surface area contributed by atoms with Crippen LogP contribution in [0.25, 0.3) is 0 Å². The predicted octanol–water partition coefficient (Wildman–Crippen LogP) is 4.16. The fourth-order valence-corrected chi connectivity index (χ4v) is 4.55. The summed E-state index contributed by atoms with van der Waals surface area (Å²) >= 11 is 3.42. The van der Waals surface area contributed by atoms with E-state index in [2.05, 4.69) is 21.2 Å². The van der Waals surface area contributed by atoms with Gasteiger partial charge < -0.3 is 10.2 Å². The molecule has 2 amide bonds. The number of amides is 2. The first kappa shape index (κ1) is 27.9. The summed E-state index contributed by atoms with van der Waals surface area (Å²) < 4.78 is 27.2. The molecule has 0 spiro atoms. The number of rotatable bonds is 8. The van der Waals surface area contributed by atoms with Crippen molar-refractivity contribution in [2.24, 2.45) is 0 Å². The smallest absolute Gasteiger partial charge is 0.244 e. The largest absolute Gasteiger partial charge is 0.350 e. The molecule has 34 heavy (non-hydrogen) atoms. The summed E-state index contributed by atoms with van der Waals surface area (Å²) in [7, 11) is -3.76. The number of benzene rings is 2. The monoisotopic (exact) mass is 551 g/mol. The number of sulfonamides is 1. The zero-order valence-electron chi connectivity index (χ0n) is 20.8. The summed E-state index contributed by atoms with van der Waals surface area (Å²) in [5.41, 5.74) is 2.64. The lowest BCUT2D eigenvalue weighted by Gasteiger charge is -2.33. The van der Waals surface area contributed by atoms with Crippen LogP contribution in [-0.4, -0.2) is 49.5 Å². The first-order valence-corrected chi connectivity index (χ1v) is 13.6. The molecule has 0 aliphatic carbocycles. The van der Waals surface area contributed by atoms with Gasteiger partial charge in [-0.3, -0.25) is 13.9 Å². The van der Waals surface area contributed by atoms with Crippen LogP contribution in [0, 0.1) is 13.8 Å². The van der Waals surface area contributed by atoms with Crippen molar-refractivity contribution in [3.63, 3.8) is 0 Å². The van der Waals surface area contributed by atoms with Crippen LogP contribution in [0.5, 0.6) is 0 Å². The summed E-state index contributed by atoms with van der Waals surface area (Å²) in [6.45, 7) is 10.8. The van der Waals surface area contributed by atoms with Crippen LogP contribution < -0.4 is 9.62 Å². The standard InChI is InChI=1S/C25H34BrN3O4S/c1-17-9-8-10-20(13-17)15-28(19(3)24(31)27-25(4,5)6)23(30)16-29(34(7,32)33)21-11-12-22(26)18(2)14-21/h8-14,19H,15-16H2,1-7H3,(H,27,31). The number of hydrogen-bond donors (Lipinski definition) is 1. The molecule has 0 aromatic heterocycles. The maximum atomic E-state index is 13.6. The summed E-state index contributed by atoms with van der Waals surface area (Å²) in [6.07, 6.45) is 1.07. The van der Waals surface area contributed by atoms with Gasteiger partial charge in [-0.1, -0.05) is 45.8 Å². The van der Waals surface area contributed by atoms with Gasteiger partial charge in [0.15, 0.2) is 0 Å². The van der Waals surface area contributed by atoms with Crippen molar-refractivity contribution in [2.75, 3.05) is 17.1 Å². The number of nitrogens with zero attached hydrogens (tertiary/aromatic N) is 2. The number of anilines is 1. The molecule has 0 aliphatic heterocycles. The molecule has 0 radical (unpaired) electrons. The molecule has 2 rings (SSSR count). The minimum absolute atomic E-state index is 0.177. The van der Waals surface area contributed by atoms with Crippen LogP contribution in [0.3, 0.4) is 0 Å². The van der Waals surface area contributed by atoms with Crippen LogP contribution in [0.2, 0.25) is 0 Å². The van der Waals surface area contributed by atoms with Crippen LogP contribution in [0.1, 0.15) is 44.4 Å². The van der Waals surface area contributed by atoms with Crippen molar-refractivity contribution in [1.82, 2.24) is 10.2 Å². The summed E-state index contributed by atoms with van der Waals surface area (Å²) in [4.78, 5) is 27.9. The van der Waals surface area contributed by atoms with Crippen LogP contribution in [0.4, 0.5) is 5.69 Å². The molecule has 7 nitrogen and oxygen atoms in total. The van der Waals surface area contributed by atoms with Gasteiger partial charge in [0, 0.05) is 16.6 Å². The average Bonchev–Trinajstić information content (AvgIpc) is 2.69. The molecular weight excluding hydrogens is 518 g/mol. The molecule has 0 fully saturated rings.